The molecule has 3 aromatic rings. The molecule has 1 atom stereocenters. The summed E-state index contributed by atoms with van der Waals surface area (Å²) in [6.07, 6.45) is 0.598. The van der Waals surface area contributed by atoms with Crippen molar-refractivity contribution < 1.29 is 24.2 Å². The Morgan fingerprint density at radius 3 is 2.27 bits per heavy atom. The van der Waals surface area contributed by atoms with E-state index < -0.39 is 17.7 Å². The van der Waals surface area contributed by atoms with Gasteiger partial charge in [0.25, 0.3) is 11.7 Å². The van der Waals surface area contributed by atoms with Crippen molar-refractivity contribution in [3.05, 3.63) is 101 Å². The minimum atomic E-state index is -0.690. The number of ketones is 1. The van der Waals surface area contributed by atoms with E-state index in [2.05, 4.69) is 0 Å². The third-order valence-electron chi connectivity index (χ3n) is 5.96. The molecular formula is C27H23NO5. The van der Waals surface area contributed by atoms with E-state index in [1.165, 1.54) is 0 Å². The molecule has 0 spiro atoms. The number of amides is 1. The SMILES string of the molecule is O=C1C(=O)N(CCc2ccccc2)C(c2ccccc2)C1=C(O)c1ccc2c(c1)OCCO2. The smallest absolute Gasteiger partial charge is 0.295 e. The van der Waals surface area contributed by atoms with Gasteiger partial charge in [0.15, 0.2) is 11.5 Å². The quantitative estimate of drug-likeness (QED) is 0.366. The minimum absolute atomic E-state index is 0.0796. The molecule has 6 nitrogen and oxygen atoms in total. The first-order valence-corrected chi connectivity index (χ1v) is 10.9. The predicted molar refractivity (Wildman–Crippen MR) is 123 cm³/mol. The van der Waals surface area contributed by atoms with Crippen LogP contribution in [0.3, 0.4) is 0 Å². The van der Waals surface area contributed by atoms with Gasteiger partial charge in [0.1, 0.15) is 19.0 Å². The Bertz CT molecular complexity index is 1220. The van der Waals surface area contributed by atoms with Gasteiger partial charge in [-0.1, -0.05) is 60.7 Å². The van der Waals surface area contributed by atoms with Gasteiger partial charge in [0.2, 0.25) is 0 Å². The molecule has 33 heavy (non-hydrogen) atoms. The van der Waals surface area contributed by atoms with E-state index in [4.69, 9.17) is 9.47 Å². The van der Waals surface area contributed by atoms with Crippen molar-refractivity contribution in [3.63, 3.8) is 0 Å². The van der Waals surface area contributed by atoms with E-state index in [-0.39, 0.29) is 11.3 Å². The Hall–Kier alpha value is -4.06. The molecule has 2 heterocycles. The van der Waals surface area contributed by atoms with Crippen LogP contribution in [0, 0.1) is 0 Å². The summed E-state index contributed by atoms with van der Waals surface area (Å²) in [5.74, 6) is -0.440. The Balaban J connectivity index is 1.56. The summed E-state index contributed by atoms with van der Waals surface area (Å²) in [5.41, 5.74) is 2.32. The van der Waals surface area contributed by atoms with E-state index in [0.717, 1.165) is 11.1 Å². The summed E-state index contributed by atoms with van der Waals surface area (Å²) in [6, 6.07) is 23.5. The van der Waals surface area contributed by atoms with Gasteiger partial charge in [-0.05, 0) is 35.7 Å². The molecule has 2 aliphatic rings. The molecular weight excluding hydrogens is 418 g/mol. The molecule has 1 N–H and O–H groups in total. The topological polar surface area (TPSA) is 76.1 Å². The number of hydrogen-bond donors (Lipinski definition) is 1. The molecule has 1 fully saturated rings. The maximum atomic E-state index is 13.1. The molecule has 5 rings (SSSR count). The second-order valence-corrected chi connectivity index (χ2v) is 8.00. The van der Waals surface area contributed by atoms with Crippen LogP contribution >= 0.6 is 0 Å². The zero-order valence-electron chi connectivity index (χ0n) is 17.9. The number of hydrogen-bond acceptors (Lipinski definition) is 5. The van der Waals surface area contributed by atoms with Crippen LogP contribution < -0.4 is 9.47 Å². The average molecular weight is 441 g/mol. The molecule has 6 heteroatoms. The number of aliphatic hydroxyl groups is 1. The molecule has 166 valence electrons. The highest BCUT2D eigenvalue weighted by molar-refractivity contribution is 6.46. The Morgan fingerprint density at radius 1 is 0.879 bits per heavy atom. The van der Waals surface area contributed by atoms with Gasteiger partial charge in [-0.3, -0.25) is 9.59 Å². The van der Waals surface area contributed by atoms with E-state index in [0.29, 0.717) is 43.2 Å². The lowest BCUT2D eigenvalue weighted by Crippen LogP contribution is -2.31. The summed E-state index contributed by atoms with van der Waals surface area (Å²) in [4.78, 5) is 27.8. The van der Waals surface area contributed by atoms with Crippen LogP contribution in [0.25, 0.3) is 5.76 Å². The monoisotopic (exact) mass is 441 g/mol. The fourth-order valence-electron chi connectivity index (χ4n) is 4.33. The number of fused-ring (bicyclic) bond motifs is 1. The van der Waals surface area contributed by atoms with Crippen molar-refractivity contribution in [1.82, 2.24) is 4.90 Å². The zero-order chi connectivity index (χ0) is 22.8. The van der Waals surface area contributed by atoms with Gasteiger partial charge in [-0.2, -0.15) is 0 Å². The molecule has 1 saturated heterocycles. The van der Waals surface area contributed by atoms with Crippen LogP contribution in [0.5, 0.6) is 11.5 Å². The Labute approximate surface area is 191 Å². The van der Waals surface area contributed by atoms with Gasteiger partial charge < -0.3 is 19.5 Å². The molecule has 0 bridgehead atoms. The first kappa shape index (κ1) is 20.8. The molecule has 1 amide bonds. The summed E-state index contributed by atoms with van der Waals surface area (Å²) < 4.78 is 11.2. The highest BCUT2D eigenvalue weighted by Crippen LogP contribution is 2.41. The number of Topliss-reactive ketones (excluding diaryl/α,β-unsaturated/α-hetero) is 1. The molecule has 2 aliphatic heterocycles. The second kappa shape index (κ2) is 8.82. The van der Waals surface area contributed by atoms with Crippen molar-refractivity contribution in [2.24, 2.45) is 0 Å². The van der Waals surface area contributed by atoms with Crippen LogP contribution in [0.1, 0.15) is 22.7 Å². The zero-order valence-corrected chi connectivity index (χ0v) is 17.9. The van der Waals surface area contributed by atoms with Crippen molar-refractivity contribution in [2.75, 3.05) is 19.8 Å². The van der Waals surface area contributed by atoms with Crippen LogP contribution in [0.4, 0.5) is 0 Å². The number of benzene rings is 3. The third kappa shape index (κ3) is 3.96. The Morgan fingerprint density at radius 2 is 1.55 bits per heavy atom. The molecule has 0 saturated carbocycles. The summed E-state index contributed by atoms with van der Waals surface area (Å²) in [5, 5.41) is 11.2. The fourth-order valence-corrected chi connectivity index (χ4v) is 4.33. The second-order valence-electron chi connectivity index (χ2n) is 8.00. The van der Waals surface area contributed by atoms with Crippen molar-refractivity contribution in [2.45, 2.75) is 12.5 Å². The fraction of sp³-hybridized carbons (Fsp3) is 0.185. The highest BCUT2D eigenvalue weighted by Gasteiger charge is 2.45. The molecule has 3 aromatic carbocycles. The summed E-state index contributed by atoms with van der Waals surface area (Å²) in [6.45, 7) is 1.22. The summed E-state index contributed by atoms with van der Waals surface area (Å²) >= 11 is 0. The van der Waals surface area contributed by atoms with Crippen LogP contribution in [-0.4, -0.2) is 41.5 Å². The Kier molecular flexibility index (Phi) is 5.57. The van der Waals surface area contributed by atoms with E-state index in [1.807, 2.05) is 60.7 Å². The standard InChI is InChI=1S/C27H23NO5/c29-25(20-11-12-21-22(17-20)33-16-15-32-21)23-24(19-9-5-2-6-10-19)28(27(31)26(23)30)14-13-18-7-3-1-4-8-18/h1-12,17,24,29H,13-16H2. The third-order valence-corrected chi connectivity index (χ3v) is 5.96. The van der Waals surface area contributed by atoms with Gasteiger partial charge in [-0.25, -0.2) is 0 Å². The van der Waals surface area contributed by atoms with Gasteiger partial charge in [-0.15, -0.1) is 0 Å². The van der Waals surface area contributed by atoms with Crippen molar-refractivity contribution in [3.8, 4) is 11.5 Å². The molecule has 0 aromatic heterocycles. The van der Waals surface area contributed by atoms with Gasteiger partial charge in [0.05, 0.1) is 11.6 Å². The predicted octanol–water partition coefficient (Wildman–Crippen LogP) is 4.12. The van der Waals surface area contributed by atoms with Gasteiger partial charge in [0, 0.05) is 12.1 Å². The first-order valence-electron chi connectivity index (χ1n) is 10.9. The number of ether oxygens (including phenoxy) is 2. The molecule has 0 radical (unpaired) electrons. The van der Waals surface area contributed by atoms with Crippen molar-refractivity contribution in [1.29, 1.82) is 0 Å². The minimum Gasteiger partial charge on any atom is -0.507 e. The van der Waals surface area contributed by atoms with E-state index >= 15 is 0 Å². The largest absolute Gasteiger partial charge is 0.507 e. The molecule has 1 unspecified atom stereocenters. The maximum absolute atomic E-state index is 13.1. The first-order chi connectivity index (χ1) is 16.1. The van der Waals surface area contributed by atoms with E-state index in [1.54, 1.807) is 23.1 Å². The maximum Gasteiger partial charge on any atom is 0.295 e. The highest BCUT2D eigenvalue weighted by atomic mass is 16.6. The number of likely N-dealkylation sites (tertiary alicyclic amines) is 1. The van der Waals surface area contributed by atoms with Gasteiger partial charge >= 0.3 is 0 Å². The number of carbonyl (C=O) groups excluding carboxylic acids is 2. The summed E-state index contributed by atoms with van der Waals surface area (Å²) in [7, 11) is 0. The van der Waals surface area contributed by atoms with E-state index in [9.17, 15) is 14.7 Å². The molecule has 0 aliphatic carbocycles. The van der Waals surface area contributed by atoms with Crippen LogP contribution in [0.2, 0.25) is 0 Å². The number of aliphatic hydroxyl groups excluding tert-OH is 1. The lowest BCUT2D eigenvalue weighted by atomic mass is 9.95. The lowest BCUT2D eigenvalue weighted by molar-refractivity contribution is -0.139. The number of carbonyl (C=O) groups is 2. The lowest BCUT2D eigenvalue weighted by Gasteiger charge is -2.25. The number of rotatable bonds is 5. The van der Waals surface area contributed by atoms with Crippen LogP contribution in [-0.2, 0) is 16.0 Å². The average Bonchev–Trinajstić information content (AvgIpc) is 3.12. The van der Waals surface area contributed by atoms with Crippen LogP contribution in [0.15, 0.2) is 84.4 Å². The van der Waals surface area contributed by atoms with Crippen molar-refractivity contribution >= 4 is 17.4 Å². The normalized spacial score (nSPS) is 19.0. The number of nitrogens with zero attached hydrogens (tertiary/aromatic N) is 1.